The lowest BCUT2D eigenvalue weighted by Gasteiger charge is -2.29. The molecule has 0 radical (unpaired) electrons. The molecule has 5 nitrogen and oxygen atoms in total. The second-order valence-corrected chi connectivity index (χ2v) is 5.34. The molecular weight excluding hydrogens is 220 g/mol. The van der Waals surface area contributed by atoms with Gasteiger partial charge in [-0.3, -0.25) is 9.59 Å². The van der Waals surface area contributed by atoms with Crippen LogP contribution >= 0.6 is 0 Å². The molecule has 100 valence electrons. The molecule has 0 aromatic heterocycles. The largest absolute Gasteiger partial charge is 0.481 e. The summed E-state index contributed by atoms with van der Waals surface area (Å²) in [6.07, 6.45) is 0.838. The third-order valence-electron chi connectivity index (χ3n) is 2.34. The smallest absolute Gasteiger partial charge is 0.303 e. The molecule has 3 N–H and O–H groups in total. The lowest BCUT2D eigenvalue weighted by Crippen LogP contribution is -2.44. The highest BCUT2D eigenvalue weighted by Crippen LogP contribution is 2.11. The number of carboxylic acid groups (broad SMARTS) is 1. The number of nitrogens with zero attached hydrogens (tertiary/aromatic N) is 1. The number of carboxylic acids is 1. The van der Waals surface area contributed by atoms with E-state index >= 15 is 0 Å². The monoisotopic (exact) mass is 244 g/mol. The maximum Gasteiger partial charge on any atom is 0.303 e. The summed E-state index contributed by atoms with van der Waals surface area (Å²) in [6.45, 7) is 7.92. The van der Waals surface area contributed by atoms with Crippen molar-refractivity contribution in [3.63, 3.8) is 0 Å². The number of carbonyl (C=O) groups is 2. The Balaban J connectivity index is 4.32. The van der Waals surface area contributed by atoms with Crippen molar-refractivity contribution in [3.05, 3.63) is 0 Å². The van der Waals surface area contributed by atoms with Crippen molar-refractivity contribution in [3.8, 4) is 0 Å². The summed E-state index contributed by atoms with van der Waals surface area (Å²) in [5, 5.41) is 8.57. The number of aliphatic carboxylic acids is 1. The molecule has 0 unspecified atom stereocenters. The zero-order valence-corrected chi connectivity index (χ0v) is 11.2. The summed E-state index contributed by atoms with van der Waals surface area (Å²) in [7, 11) is 0. The van der Waals surface area contributed by atoms with Crippen LogP contribution in [-0.2, 0) is 9.59 Å². The van der Waals surface area contributed by atoms with Gasteiger partial charge in [0.15, 0.2) is 0 Å². The first kappa shape index (κ1) is 15.9. The van der Waals surface area contributed by atoms with Gasteiger partial charge in [0.05, 0.1) is 0 Å². The van der Waals surface area contributed by atoms with E-state index in [4.69, 9.17) is 10.8 Å². The number of hydrogen-bond donors (Lipinski definition) is 2. The summed E-state index contributed by atoms with van der Waals surface area (Å²) < 4.78 is 0. The first-order chi connectivity index (χ1) is 7.63. The van der Waals surface area contributed by atoms with E-state index in [1.807, 2.05) is 13.8 Å². The summed E-state index contributed by atoms with van der Waals surface area (Å²) >= 11 is 0. The molecule has 0 bridgehead atoms. The zero-order valence-electron chi connectivity index (χ0n) is 11.2. The van der Waals surface area contributed by atoms with E-state index in [0.717, 1.165) is 0 Å². The van der Waals surface area contributed by atoms with Crippen LogP contribution < -0.4 is 5.73 Å². The molecule has 0 heterocycles. The number of hydrogen-bond acceptors (Lipinski definition) is 3. The van der Waals surface area contributed by atoms with Gasteiger partial charge in [-0.05, 0) is 34.1 Å². The van der Waals surface area contributed by atoms with Gasteiger partial charge in [-0.1, -0.05) is 0 Å². The number of carbonyl (C=O) groups excluding carboxylic acids is 1. The maximum atomic E-state index is 12.0. The van der Waals surface area contributed by atoms with Crippen LogP contribution in [0.2, 0.25) is 0 Å². The Morgan fingerprint density at radius 1 is 1.35 bits per heavy atom. The lowest BCUT2D eigenvalue weighted by atomic mass is 10.0. The van der Waals surface area contributed by atoms with Gasteiger partial charge in [0, 0.05) is 31.0 Å². The fraction of sp³-hybridized carbons (Fsp3) is 0.833. The van der Waals surface area contributed by atoms with E-state index in [2.05, 4.69) is 0 Å². The number of nitrogens with two attached hydrogens (primary N) is 1. The van der Waals surface area contributed by atoms with Gasteiger partial charge < -0.3 is 15.7 Å². The highest BCUT2D eigenvalue weighted by atomic mass is 16.4. The zero-order chi connectivity index (χ0) is 13.6. The Morgan fingerprint density at radius 3 is 2.24 bits per heavy atom. The van der Waals surface area contributed by atoms with Crippen molar-refractivity contribution in [1.82, 2.24) is 4.90 Å². The van der Waals surface area contributed by atoms with Crippen LogP contribution in [0.15, 0.2) is 0 Å². The Morgan fingerprint density at radius 2 is 1.88 bits per heavy atom. The van der Waals surface area contributed by atoms with Gasteiger partial charge in [0.25, 0.3) is 0 Å². The lowest BCUT2D eigenvalue weighted by molar-refractivity contribution is -0.139. The summed E-state index contributed by atoms with van der Waals surface area (Å²) in [6, 6.07) is 0.0682. The SMILES string of the molecule is CC(C)N(CCCC(=O)O)C(=O)CC(C)(C)N. The van der Waals surface area contributed by atoms with Crippen molar-refractivity contribution < 1.29 is 14.7 Å². The molecule has 0 saturated heterocycles. The molecule has 0 aliphatic carbocycles. The fourth-order valence-electron chi connectivity index (χ4n) is 1.56. The van der Waals surface area contributed by atoms with Crippen LogP contribution in [-0.4, -0.2) is 40.0 Å². The van der Waals surface area contributed by atoms with E-state index in [1.54, 1.807) is 18.7 Å². The average molecular weight is 244 g/mol. The second kappa shape index (κ2) is 6.59. The Kier molecular flexibility index (Phi) is 6.16. The van der Waals surface area contributed by atoms with E-state index in [1.165, 1.54) is 0 Å². The third kappa shape index (κ3) is 7.74. The molecule has 0 aromatic rings. The van der Waals surface area contributed by atoms with Crippen LogP contribution in [0.3, 0.4) is 0 Å². The summed E-state index contributed by atoms with van der Waals surface area (Å²) in [4.78, 5) is 24.1. The van der Waals surface area contributed by atoms with Gasteiger partial charge >= 0.3 is 5.97 Å². The predicted octanol–water partition coefficient (Wildman–Crippen LogP) is 1.22. The van der Waals surface area contributed by atoms with Crippen LogP contribution in [0.1, 0.15) is 47.0 Å². The highest BCUT2D eigenvalue weighted by Gasteiger charge is 2.23. The van der Waals surface area contributed by atoms with Crippen molar-refractivity contribution in [2.75, 3.05) is 6.54 Å². The first-order valence-corrected chi connectivity index (χ1v) is 5.93. The summed E-state index contributed by atoms with van der Waals surface area (Å²) in [5.74, 6) is -0.849. The molecule has 0 fully saturated rings. The molecule has 0 atom stereocenters. The quantitative estimate of drug-likeness (QED) is 0.705. The fourth-order valence-corrected chi connectivity index (χ4v) is 1.56. The average Bonchev–Trinajstić information content (AvgIpc) is 2.07. The van der Waals surface area contributed by atoms with Gasteiger partial charge in [-0.15, -0.1) is 0 Å². The summed E-state index contributed by atoms with van der Waals surface area (Å²) in [5.41, 5.74) is 5.28. The molecule has 0 aromatic carbocycles. The second-order valence-electron chi connectivity index (χ2n) is 5.34. The van der Waals surface area contributed by atoms with Gasteiger partial charge in [-0.2, -0.15) is 0 Å². The maximum absolute atomic E-state index is 12.0. The normalized spacial score (nSPS) is 11.6. The predicted molar refractivity (Wildman–Crippen MR) is 66.6 cm³/mol. The van der Waals surface area contributed by atoms with E-state index < -0.39 is 11.5 Å². The minimum atomic E-state index is -0.833. The molecule has 5 heteroatoms. The molecule has 1 amide bonds. The first-order valence-electron chi connectivity index (χ1n) is 5.93. The van der Waals surface area contributed by atoms with Crippen molar-refractivity contribution in [1.29, 1.82) is 0 Å². The van der Waals surface area contributed by atoms with Crippen LogP contribution in [0.4, 0.5) is 0 Å². The molecule has 0 aliphatic rings. The highest BCUT2D eigenvalue weighted by molar-refractivity contribution is 5.77. The molecule has 17 heavy (non-hydrogen) atoms. The van der Waals surface area contributed by atoms with Crippen molar-refractivity contribution in [2.45, 2.75) is 58.5 Å². The molecule has 0 rings (SSSR count). The number of rotatable bonds is 7. The van der Waals surface area contributed by atoms with E-state index in [9.17, 15) is 9.59 Å². The Labute approximate surface area is 103 Å². The molecule has 0 aliphatic heterocycles. The van der Waals surface area contributed by atoms with Gasteiger partial charge in [0.1, 0.15) is 0 Å². The minimum absolute atomic E-state index is 0.0158. The van der Waals surface area contributed by atoms with E-state index in [0.29, 0.717) is 13.0 Å². The topological polar surface area (TPSA) is 83.6 Å². The molecular formula is C12H24N2O3. The number of amides is 1. The van der Waals surface area contributed by atoms with Crippen LogP contribution in [0.25, 0.3) is 0 Å². The Bertz CT molecular complexity index is 269. The van der Waals surface area contributed by atoms with E-state index in [-0.39, 0.29) is 24.8 Å². The minimum Gasteiger partial charge on any atom is -0.481 e. The van der Waals surface area contributed by atoms with Crippen molar-refractivity contribution >= 4 is 11.9 Å². The standard InChI is InChI=1S/C12H24N2O3/c1-9(2)14(7-5-6-11(16)17)10(15)8-12(3,4)13/h9H,5-8,13H2,1-4H3,(H,16,17). The Hall–Kier alpha value is -1.10. The van der Waals surface area contributed by atoms with Gasteiger partial charge in [-0.25, -0.2) is 0 Å². The molecule has 0 saturated carbocycles. The molecule has 0 spiro atoms. The van der Waals surface area contributed by atoms with Gasteiger partial charge in [0.2, 0.25) is 5.91 Å². The van der Waals surface area contributed by atoms with Crippen LogP contribution in [0, 0.1) is 0 Å². The van der Waals surface area contributed by atoms with Crippen LogP contribution in [0.5, 0.6) is 0 Å². The van der Waals surface area contributed by atoms with Crippen molar-refractivity contribution in [2.24, 2.45) is 5.73 Å². The third-order valence-corrected chi connectivity index (χ3v) is 2.34.